The number of nitrogens with zero attached hydrogens (tertiary/aromatic N) is 2. The molecule has 1 aliphatic heterocycles. The Hall–Kier alpha value is -0.650. The average Bonchev–Trinajstić information content (AvgIpc) is 2.42. The molecule has 1 atom stereocenters. The first kappa shape index (κ1) is 16.4. The highest BCUT2D eigenvalue weighted by Crippen LogP contribution is 2.24. The molecule has 1 amide bonds. The Labute approximate surface area is 117 Å². The van der Waals surface area contributed by atoms with E-state index in [-0.39, 0.29) is 11.3 Å². The molecule has 5 heteroatoms. The molecule has 19 heavy (non-hydrogen) atoms. The zero-order valence-electron chi connectivity index (χ0n) is 12.9. The Bertz CT molecular complexity index is 283. The van der Waals surface area contributed by atoms with E-state index in [9.17, 15) is 4.79 Å². The molecule has 1 unspecified atom stereocenters. The second-order valence-electron chi connectivity index (χ2n) is 5.80. The van der Waals surface area contributed by atoms with Crippen LogP contribution in [0, 0.1) is 5.41 Å². The number of nitrogens with two attached hydrogens (primary N) is 1. The Morgan fingerprint density at radius 3 is 2.47 bits per heavy atom. The second kappa shape index (κ2) is 7.22. The van der Waals surface area contributed by atoms with Crippen molar-refractivity contribution in [3.05, 3.63) is 0 Å². The van der Waals surface area contributed by atoms with Crippen molar-refractivity contribution in [2.24, 2.45) is 11.1 Å². The van der Waals surface area contributed by atoms with Gasteiger partial charge in [0.15, 0.2) is 0 Å². The lowest BCUT2D eigenvalue weighted by Gasteiger charge is -2.38. The molecule has 0 bridgehead atoms. The molecule has 5 nitrogen and oxygen atoms in total. The summed E-state index contributed by atoms with van der Waals surface area (Å²) < 4.78 is 0. The van der Waals surface area contributed by atoms with Crippen LogP contribution < -0.4 is 11.1 Å². The van der Waals surface area contributed by atoms with Crippen molar-refractivity contribution in [1.29, 1.82) is 0 Å². The molecule has 1 saturated heterocycles. The fourth-order valence-electron chi connectivity index (χ4n) is 2.67. The van der Waals surface area contributed by atoms with Crippen molar-refractivity contribution in [2.45, 2.75) is 32.7 Å². The van der Waals surface area contributed by atoms with Gasteiger partial charge in [0, 0.05) is 38.8 Å². The number of likely N-dealkylation sites (N-methyl/N-ethyl adjacent to an activating group) is 2. The SMILES string of the molecule is CCC(CC)(CN)C(=O)NCC1CN(C)CCN1C. The third-order valence-corrected chi connectivity index (χ3v) is 4.70. The number of nitrogens with one attached hydrogen (secondary N) is 1. The van der Waals surface area contributed by atoms with E-state index in [0.29, 0.717) is 19.1 Å². The average molecular weight is 270 g/mol. The fourth-order valence-corrected chi connectivity index (χ4v) is 2.67. The summed E-state index contributed by atoms with van der Waals surface area (Å²) in [6, 6.07) is 0.395. The lowest BCUT2D eigenvalue weighted by molar-refractivity contribution is -0.131. The van der Waals surface area contributed by atoms with E-state index in [1.54, 1.807) is 0 Å². The summed E-state index contributed by atoms with van der Waals surface area (Å²) >= 11 is 0. The lowest BCUT2D eigenvalue weighted by Crippen LogP contribution is -2.56. The maximum Gasteiger partial charge on any atom is 0.227 e. The number of carbonyl (C=O) groups is 1. The molecular formula is C14H30N4O. The Kier molecular flexibility index (Phi) is 6.23. The lowest BCUT2D eigenvalue weighted by atomic mass is 9.81. The summed E-state index contributed by atoms with van der Waals surface area (Å²) in [5.41, 5.74) is 5.42. The molecule has 1 heterocycles. The van der Waals surface area contributed by atoms with Crippen molar-refractivity contribution >= 4 is 5.91 Å². The smallest absolute Gasteiger partial charge is 0.227 e. The van der Waals surface area contributed by atoms with E-state index in [2.05, 4.69) is 29.2 Å². The maximum atomic E-state index is 12.4. The molecule has 1 fully saturated rings. The summed E-state index contributed by atoms with van der Waals surface area (Å²) in [6.07, 6.45) is 1.60. The largest absolute Gasteiger partial charge is 0.354 e. The molecule has 0 aliphatic carbocycles. The maximum absolute atomic E-state index is 12.4. The minimum Gasteiger partial charge on any atom is -0.354 e. The van der Waals surface area contributed by atoms with Gasteiger partial charge >= 0.3 is 0 Å². The normalized spacial score (nSPS) is 22.5. The fraction of sp³-hybridized carbons (Fsp3) is 0.929. The van der Waals surface area contributed by atoms with Gasteiger partial charge in [-0.15, -0.1) is 0 Å². The van der Waals surface area contributed by atoms with Gasteiger partial charge in [-0.2, -0.15) is 0 Å². The highest BCUT2D eigenvalue weighted by molar-refractivity contribution is 5.82. The number of hydrogen-bond donors (Lipinski definition) is 2. The van der Waals surface area contributed by atoms with Crippen LogP contribution in [0.4, 0.5) is 0 Å². The van der Waals surface area contributed by atoms with Gasteiger partial charge in [0.2, 0.25) is 5.91 Å². The summed E-state index contributed by atoms with van der Waals surface area (Å²) in [7, 11) is 4.25. The predicted molar refractivity (Wildman–Crippen MR) is 79.0 cm³/mol. The van der Waals surface area contributed by atoms with Crippen LogP contribution >= 0.6 is 0 Å². The predicted octanol–water partition coefficient (Wildman–Crippen LogP) is 0.114. The van der Waals surface area contributed by atoms with Crippen molar-refractivity contribution < 1.29 is 4.79 Å². The van der Waals surface area contributed by atoms with Crippen molar-refractivity contribution in [2.75, 3.05) is 46.8 Å². The number of rotatable bonds is 6. The van der Waals surface area contributed by atoms with Crippen molar-refractivity contribution in [1.82, 2.24) is 15.1 Å². The van der Waals surface area contributed by atoms with Crippen LogP contribution in [0.1, 0.15) is 26.7 Å². The van der Waals surface area contributed by atoms with Gasteiger partial charge < -0.3 is 16.0 Å². The molecule has 112 valence electrons. The third kappa shape index (κ3) is 3.91. The Morgan fingerprint density at radius 2 is 1.95 bits per heavy atom. The second-order valence-corrected chi connectivity index (χ2v) is 5.80. The quantitative estimate of drug-likeness (QED) is 0.719. The first-order chi connectivity index (χ1) is 8.99. The molecule has 0 aromatic carbocycles. The van der Waals surface area contributed by atoms with Crippen LogP contribution in [0.25, 0.3) is 0 Å². The van der Waals surface area contributed by atoms with Gasteiger partial charge in [-0.05, 0) is 26.9 Å². The monoisotopic (exact) mass is 270 g/mol. The van der Waals surface area contributed by atoms with Crippen LogP contribution in [0.3, 0.4) is 0 Å². The van der Waals surface area contributed by atoms with Gasteiger partial charge in [-0.3, -0.25) is 9.69 Å². The number of piperazine rings is 1. The van der Waals surface area contributed by atoms with Gasteiger partial charge in [0.1, 0.15) is 0 Å². The number of amides is 1. The van der Waals surface area contributed by atoms with Crippen LogP contribution in [0.15, 0.2) is 0 Å². The standard InChI is InChI=1S/C14H30N4O/c1-5-14(6-2,11-15)13(19)16-9-12-10-17(3)7-8-18(12)4/h12H,5-11,15H2,1-4H3,(H,16,19). The van der Waals surface area contributed by atoms with Crippen LogP contribution in [-0.4, -0.2) is 68.6 Å². The van der Waals surface area contributed by atoms with E-state index in [4.69, 9.17) is 5.73 Å². The first-order valence-electron chi connectivity index (χ1n) is 7.36. The topological polar surface area (TPSA) is 61.6 Å². The van der Waals surface area contributed by atoms with E-state index in [1.807, 2.05) is 13.8 Å². The minimum absolute atomic E-state index is 0.113. The molecule has 0 saturated carbocycles. The van der Waals surface area contributed by atoms with Crippen LogP contribution in [-0.2, 0) is 4.79 Å². The summed E-state index contributed by atoms with van der Waals surface area (Å²) in [6.45, 7) is 8.36. The molecule has 0 aromatic heterocycles. The van der Waals surface area contributed by atoms with Gasteiger partial charge in [-0.25, -0.2) is 0 Å². The third-order valence-electron chi connectivity index (χ3n) is 4.70. The summed E-state index contributed by atoms with van der Waals surface area (Å²) in [5, 5.41) is 3.11. The van der Waals surface area contributed by atoms with E-state index >= 15 is 0 Å². The highest BCUT2D eigenvalue weighted by atomic mass is 16.2. The van der Waals surface area contributed by atoms with Crippen molar-refractivity contribution in [3.63, 3.8) is 0 Å². The van der Waals surface area contributed by atoms with Gasteiger partial charge in [0.25, 0.3) is 0 Å². The Balaban J connectivity index is 2.53. The Morgan fingerprint density at radius 1 is 1.32 bits per heavy atom. The molecule has 1 aliphatic rings. The summed E-state index contributed by atoms with van der Waals surface area (Å²) in [5.74, 6) is 0.113. The van der Waals surface area contributed by atoms with E-state index in [1.165, 1.54) is 0 Å². The van der Waals surface area contributed by atoms with Crippen LogP contribution in [0.2, 0.25) is 0 Å². The number of carbonyl (C=O) groups excluding carboxylic acids is 1. The molecule has 0 aromatic rings. The van der Waals surface area contributed by atoms with E-state index in [0.717, 1.165) is 32.5 Å². The minimum atomic E-state index is -0.390. The molecule has 0 spiro atoms. The molecule has 3 N–H and O–H groups in total. The van der Waals surface area contributed by atoms with Gasteiger partial charge in [-0.1, -0.05) is 13.8 Å². The zero-order valence-corrected chi connectivity index (χ0v) is 12.9. The van der Waals surface area contributed by atoms with Gasteiger partial charge in [0.05, 0.1) is 5.41 Å². The van der Waals surface area contributed by atoms with Crippen molar-refractivity contribution in [3.8, 4) is 0 Å². The van der Waals surface area contributed by atoms with Crippen LogP contribution in [0.5, 0.6) is 0 Å². The summed E-state index contributed by atoms with van der Waals surface area (Å²) in [4.78, 5) is 17.0. The highest BCUT2D eigenvalue weighted by Gasteiger charge is 2.34. The van der Waals surface area contributed by atoms with E-state index < -0.39 is 0 Å². The molecular weight excluding hydrogens is 240 g/mol. The molecule has 0 radical (unpaired) electrons. The molecule has 1 rings (SSSR count). The zero-order chi connectivity index (χ0) is 14.5. The first-order valence-corrected chi connectivity index (χ1v) is 7.36. The number of hydrogen-bond acceptors (Lipinski definition) is 4.